The van der Waals surface area contributed by atoms with Crippen LogP contribution in [-0.4, -0.2) is 36.3 Å². The molecule has 0 bridgehead atoms. The van der Waals surface area contributed by atoms with E-state index >= 15 is 0 Å². The second kappa shape index (κ2) is 12.2. The van der Waals surface area contributed by atoms with Gasteiger partial charge in [-0.2, -0.15) is 0 Å². The Bertz CT molecular complexity index is 1140. The van der Waals surface area contributed by atoms with E-state index in [1.165, 1.54) is 24.3 Å². The summed E-state index contributed by atoms with van der Waals surface area (Å²) in [4.78, 5) is 49.4. The zero-order chi connectivity index (χ0) is 24.3. The van der Waals surface area contributed by atoms with Gasteiger partial charge in [-0.3, -0.25) is 25.2 Å². The maximum Gasteiger partial charge on any atom is 0.329 e. The molecular weight excluding hydrogens is 458 g/mol. The predicted octanol–water partition coefficient (Wildman–Crippen LogP) is 2.69. The summed E-state index contributed by atoms with van der Waals surface area (Å²) in [5.41, 5.74) is 5.87. The minimum Gasteiger partial charge on any atom is -0.454 e. The van der Waals surface area contributed by atoms with Gasteiger partial charge in [0.25, 0.3) is 17.7 Å². The maximum atomic E-state index is 12.7. The number of nitrogens with one attached hydrogen (secondary N) is 3. The number of carbonyl (C=O) groups excluding carboxylic acids is 4. The predicted molar refractivity (Wildman–Crippen MR) is 126 cm³/mol. The highest BCUT2D eigenvalue weighted by atomic mass is 35.5. The molecule has 0 aromatic heterocycles. The van der Waals surface area contributed by atoms with E-state index in [0.717, 1.165) is 5.56 Å². The molecule has 3 rings (SSSR count). The Hall–Kier alpha value is -4.17. The first kappa shape index (κ1) is 24.5. The van der Waals surface area contributed by atoms with E-state index in [1.54, 1.807) is 30.3 Å². The molecule has 1 unspecified atom stereocenters. The van der Waals surface area contributed by atoms with Crippen LogP contribution in [0.1, 0.15) is 26.3 Å². The van der Waals surface area contributed by atoms with Gasteiger partial charge in [-0.25, -0.2) is 4.79 Å². The highest BCUT2D eigenvalue weighted by molar-refractivity contribution is 6.30. The van der Waals surface area contributed by atoms with Crippen molar-refractivity contribution in [3.05, 3.63) is 107 Å². The van der Waals surface area contributed by atoms with Gasteiger partial charge in [0.2, 0.25) is 0 Å². The van der Waals surface area contributed by atoms with Crippen molar-refractivity contribution in [3.63, 3.8) is 0 Å². The molecule has 0 saturated heterocycles. The van der Waals surface area contributed by atoms with E-state index in [2.05, 4.69) is 16.2 Å². The van der Waals surface area contributed by atoms with Crippen LogP contribution in [0.2, 0.25) is 5.02 Å². The van der Waals surface area contributed by atoms with Crippen LogP contribution >= 0.6 is 11.6 Å². The number of hydrogen-bond donors (Lipinski definition) is 3. The van der Waals surface area contributed by atoms with E-state index in [4.69, 9.17) is 16.3 Å². The van der Waals surface area contributed by atoms with Crippen molar-refractivity contribution in [2.75, 3.05) is 6.61 Å². The van der Waals surface area contributed by atoms with Gasteiger partial charge in [-0.15, -0.1) is 0 Å². The Morgan fingerprint density at radius 1 is 0.735 bits per heavy atom. The number of ether oxygens (including phenoxy) is 1. The van der Waals surface area contributed by atoms with Crippen LogP contribution in [0.5, 0.6) is 0 Å². The lowest BCUT2D eigenvalue weighted by molar-refractivity contribution is -0.150. The third-order valence-corrected chi connectivity index (χ3v) is 4.93. The third kappa shape index (κ3) is 7.46. The van der Waals surface area contributed by atoms with Crippen LogP contribution in [0, 0.1) is 0 Å². The van der Waals surface area contributed by atoms with Crippen LogP contribution < -0.4 is 16.2 Å². The van der Waals surface area contributed by atoms with Crippen LogP contribution in [-0.2, 0) is 20.7 Å². The molecule has 0 spiro atoms. The lowest BCUT2D eigenvalue weighted by Crippen LogP contribution is -2.46. The maximum absolute atomic E-state index is 12.7. The monoisotopic (exact) mass is 479 g/mol. The van der Waals surface area contributed by atoms with Crippen molar-refractivity contribution >= 4 is 35.3 Å². The van der Waals surface area contributed by atoms with Gasteiger partial charge in [-0.05, 0) is 42.0 Å². The summed E-state index contributed by atoms with van der Waals surface area (Å²) in [6.45, 7) is -0.647. The van der Waals surface area contributed by atoms with Crippen molar-refractivity contribution in [1.82, 2.24) is 16.2 Å². The molecule has 3 aromatic rings. The Balaban J connectivity index is 1.56. The zero-order valence-corrected chi connectivity index (χ0v) is 18.7. The molecule has 3 N–H and O–H groups in total. The number of carbonyl (C=O) groups is 4. The fourth-order valence-electron chi connectivity index (χ4n) is 2.95. The number of hydrogen-bond acceptors (Lipinski definition) is 5. The lowest BCUT2D eigenvalue weighted by atomic mass is 10.1. The highest BCUT2D eigenvalue weighted by Crippen LogP contribution is 2.09. The zero-order valence-electron chi connectivity index (χ0n) is 18.0. The molecule has 3 aromatic carbocycles. The molecule has 0 fully saturated rings. The Labute approximate surface area is 201 Å². The molecule has 34 heavy (non-hydrogen) atoms. The molecule has 9 heteroatoms. The summed E-state index contributed by atoms with van der Waals surface area (Å²) >= 11 is 5.78. The number of rotatable bonds is 8. The van der Waals surface area contributed by atoms with Crippen LogP contribution in [0.4, 0.5) is 0 Å². The van der Waals surface area contributed by atoms with Gasteiger partial charge in [0.15, 0.2) is 6.61 Å². The Morgan fingerprint density at radius 3 is 1.97 bits per heavy atom. The normalized spacial score (nSPS) is 11.1. The fraction of sp³-hybridized carbons (Fsp3) is 0.120. The van der Waals surface area contributed by atoms with E-state index in [1.807, 2.05) is 30.3 Å². The standard InChI is InChI=1S/C25H22ClN3O5/c26-20-13-11-19(12-14-20)24(32)29-28-22(30)16-34-25(33)21(15-17-7-3-1-4-8-17)27-23(31)18-9-5-2-6-10-18/h1-14,21H,15-16H2,(H,27,31)(H,28,30)(H,29,32). The molecule has 0 aliphatic heterocycles. The average Bonchev–Trinajstić information content (AvgIpc) is 2.87. The van der Waals surface area contributed by atoms with Crippen LogP contribution in [0.25, 0.3) is 0 Å². The highest BCUT2D eigenvalue weighted by Gasteiger charge is 2.24. The smallest absolute Gasteiger partial charge is 0.329 e. The quantitative estimate of drug-likeness (QED) is 0.339. The molecule has 0 aliphatic carbocycles. The number of hydrazine groups is 1. The number of esters is 1. The molecule has 0 radical (unpaired) electrons. The first-order chi connectivity index (χ1) is 16.4. The van der Waals surface area contributed by atoms with Gasteiger partial charge in [0.1, 0.15) is 6.04 Å². The molecule has 8 nitrogen and oxygen atoms in total. The van der Waals surface area contributed by atoms with E-state index in [9.17, 15) is 19.2 Å². The van der Waals surface area contributed by atoms with Gasteiger partial charge in [0, 0.05) is 22.6 Å². The SMILES string of the molecule is O=C(COC(=O)C(Cc1ccccc1)NC(=O)c1ccccc1)NNC(=O)c1ccc(Cl)cc1. The lowest BCUT2D eigenvalue weighted by Gasteiger charge is -2.18. The van der Waals surface area contributed by atoms with Gasteiger partial charge in [0.05, 0.1) is 0 Å². The molecule has 174 valence electrons. The third-order valence-electron chi connectivity index (χ3n) is 4.68. The summed E-state index contributed by atoms with van der Waals surface area (Å²) in [5.74, 6) is -2.54. The molecule has 1 atom stereocenters. The topological polar surface area (TPSA) is 114 Å². The Kier molecular flexibility index (Phi) is 8.76. The second-order valence-electron chi connectivity index (χ2n) is 7.20. The Morgan fingerprint density at radius 2 is 1.32 bits per heavy atom. The van der Waals surface area contributed by atoms with Gasteiger partial charge >= 0.3 is 5.97 Å². The molecule has 0 saturated carbocycles. The number of halogens is 1. The molecule has 3 amide bonds. The second-order valence-corrected chi connectivity index (χ2v) is 7.64. The molecular formula is C25H22ClN3O5. The minimum atomic E-state index is -1.02. The average molecular weight is 480 g/mol. The van der Waals surface area contributed by atoms with E-state index in [-0.39, 0.29) is 12.0 Å². The number of amides is 3. The van der Waals surface area contributed by atoms with Crippen LogP contribution in [0.15, 0.2) is 84.9 Å². The van der Waals surface area contributed by atoms with Crippen molar-refractivity contribution in [1.29, 1.82) is 0 Å². The van der Waals surface area contributed by atoms with Gasteiger partial charge in [-0.1, -0.05) is 60.1 Å². The number of benzene rings is 3. The summed E-state index contributed by atoms with van der Waals surface area (Å²) in [7, 11) is 0. The van der Waals surface area contributed by atoms with Crippen molar-refractivity contribution in [2.45, 2.75) is 12.5 Å². The van der Waals surface area contributed by atoms with E-state index < -0.39 is 36.3 Å². The van der Waals surface area contributed by atoms with Crippen molar-refractivity contribution in [3.8, 4) is 0 Å². The first-order valence-electron chi connectivity index (χ1n) is 10.3. The molecule has 0 heterocycles. The van der Waals surface area contributed by atoms with E-state index in [0.29, 0.717) is 10.6 Å². The van der Waals surface area contributed by atoms with Crippen molar-refractivity contribution in [2.24, 2.45) is 0 Å². The molecule has 0 aliphatic rings. The summed E-state index contributed by atoms with van der Waals surface area (Å²) in [6, 6.07) is 22.6. The first-order valence-corrected chi connectivity index (χ1v) is 10.7. The summed E-state index contributed by atoms with van der Waals surface area (Å²) in [6.07, 6.45) is 0.174. The largest absolute Gasteiger partial charge is 0.454 e. The van der Waals surface area contributed by atoms with Gasteiger partial charge < -0.3 is 10.1 Å². The summed E-state index contributed by atoms with van der Waals surface area (Å²) < 4.78 is 5.09. The minimum absolute atomic E-state index is 0.174. The van der Waals surface area contributed by atoms with Crippen LogP contribution in [0.3, 0.4) is 0 Å². The fourth-order valence-corrected chi connectivity index (χ4v) is 3.07. The van der Waals surface area contributed by atoms with Crippen molar-refractivity contribution < 1.29 is 23.9 Å². The summed E-state index contributed by atoms with van der Waals surface area (Å²) in [5, 5.41) is 3.13.